The van der Waals surface area contributed by atoms with Gasteiger partial charge in [-0.15, -0.1) is 0 Å². The van der Waals surface area contributed by atoms with Crippen LogP contribution in [-0.4, -0.2) is 0 Å². The van der Waals surface area contributed by atoms with Crippen molar-refractivity contribution in [2.24, 2.45) is 23.3 Å². The van der Waals surface area contributed by atoms with Crippen LogP contribution in [0.3, 0.4) is 0 Å². The van der Waals surface area contributed by atoms with Crippen LogP contribution in [0.15, 0.2) is 21.2 Å². The third kappa shape index (κ3) is 4.44. The van der Waals surface area contributed by atoms with Crippen LogP contribution in [0.25, 0.3) is 0 Å². The summed E-state index contributed by atoms with van der Waals surface area (Å²) in [7, 11) is 0. The van der Waals surface area contributed by atoms with Gasteiger partial charge in [-0.2, -0.15) is 10.5 Å². The SMILES string of the molecule is CCCCCCCC(C)C1C(C#N)=C(N)SC(N)=C1C#N. The third-order valence-electron chi connectivity index (χ3n) is 3.95. The average Bonchev–Trinajstić information content (AvgIpc) is 2.46. The number of rotatable bonds is 7. The second-order valence-electron chi connectivity index (χ2n) is 5.54. The van der Waals surface area contributed by atoms with Gasteiger partial charge in [0, 0.05) is 5.92 Å². The lowest BCUT2D eigenvalue weighted by Crippen LogP contribution is -2.24. The average molecular weight is 304 g/mol. The zero-order valence-electron chi connectivity index (χ0n) is 12.9. The van der Waals surface area contributed by atoms with Crippen molar-refractivity contribution >= 4 is 11.8 Å². The lowest BCUT2D eigenvalue weighted by atomic mass is 9.79. The van der Waals surface area contributed by atoms with Crippen molar-refractivity contribution in [3.05, 3.63) is 21.2 Å². The zero-order valence-corrected chi connectivity index (χ0v) is 13.7. The summed E-state index contributed by atoms with van der Waals surface area (Å²) in [4.78, 5) is 0. The number of unbranched alkanes of at least 4 members (excludes halogenated alkanes) is 4. The van der Waals surface area contributed by atoms with Gasteiger partial charge >= 0.3 is 0 Å². The van der Waals surface area contributed by atoms with Gasteiger partial charge in [0.2, 0.25) is 0 Å². The topological polar surface area (TPSA) is 99.6 Å². The largest absolute Gasteiger partial charge is 0.392 e. The van der Waals surface area contributed by atoms with E-state index in [-0.39, 0.29) is 11.8 Å². The molecule has 0 aromatic heterocycles. The van der Waals surface area contributed by atoms with Crippen molar-refractivity contribution < 1.29 is 0 Å². The normalized spacial score (nSPS) is 17.5. The molecular formula is C16H24N4S. The molecule has 4 N–H and O–H groups in total. The Kier molecular flexibility index (Phi) is 7.19. The summed E-state index contributed by atoms with van der Waals surface area (Å²) in [5, 5.41) is 19.6. The molecule has 0 saturated heterocycles. The first-order valence-electron chi connectivity index (χ1n) is 7.54. The van der Waals surface area contributed by atoms with Crippen LogP contribution in [0.2, 0.25) is 0 Å². The summed E-state index contributed by atoms with van der Waals surface area (Å²) < 4.78 is 0. The van der Waals surface area contributed by atoms with E-state index in [0.29, 0.717) is 21.2 Å². The highest BCUT2D eigenvalue weighted by Crippen LogP contribution is 2.41. The summed E-state index contributed by atoms with van der Waals surface area (Å²) in [5.41, 5.74) is 12.8. The summed E-state index contributed by atoms with van der Waals surface area (Å²) >= 11 is 1.13. The first kappa shape index (κ1) is 17.5. The van der Waals surface area contributed by atoms with Crippen LogP contribution in [0.4, 0.5) is 0 Å². The molecule has 5 heteroatoms. The molecule has 0 saturated carbocycles. The van der Waals surface area contributed by atoms with E-state index in [4.69, 9.17) is 11.5 Å². The molecule has 4 nitrogen and oxygen atoms in total. The van der Waals surface area contributed by atoms with Crippen molar-refractivity contribution in [3.8, 4) is 12.1 Å². The number of hydrogen-bond acceptors (Lipinski definition) is 5. The van der Waals surface area contributed by atoms with Crippen molar-refractivity contribution in [1.29, 1.82) is 10.5 Å². The van der Waals surface area contributed by atoms with Gasteiger partial charge in [-0.3, -0.25) is 0 Å². The minimum absolute atomic E-state index is 0.203. The van der Waals surface area contributed by atoms with E-state index in [1.807, 2.05) is 0 Å². The molecule has 0 aliphatic carbocycles. The monoisotopic (exact) mass is 304 g/mol. The highest BCUT2D eigenvalue weighted by molar-refractivity contribution is 8.06. The first-order chi connectivity index (χ1) is 10.1. The Bertz CT molecular complexity index is 471. The smallest absolute Gasteiger partial charge is 0.0981 e. The summed E-state index contributed by atoms with van der Waals surface area (Å²) in [5.74, 6) is -0.0404. The predicted octanol–water partition coefficient (Wildman–Crippen LogP) is 3.73. The van der Waals surface area contributed by atoms with Gasteiger partial charge in [0.1, 0.15) is 0 Å². The number of nitriles is 2. The van der Waals surface area contributed by atoms with Crippen LogP contribution in [0.5, 0.6) is 0 Å². The van der Waals surface area contributed by atoms with Crippen LogP contribution in [0.1, 0.15) is 52.4 Å². The molecule has 0 aromatic carbocycles. The van der Waals surface area contributed by atoms with E-state index >= 15 is 0 Å². The maximum Gasteiger partial charge on any atom is 0.0981 e. The van der Waals surface area contributed by atoms with Gasteiger partial charge in [0.15, 0.2) is 0 Å². The van der Waals surface area contributed by atoms with E-state index in [1.54, 1.807) is 0 Å². The van der Waals surface area contributed by atoms with Gasteiger partial charge in [0.05, 0.1) is 33.3 Å². The number of nitrogens with zero attached hydrogens (tertiary/aromatic N) is 2. The van der Waals surface area contributed by atoms with Crippen molar-refractivity contribution in [2.45, 2.75) is 52.4 Å². The number of nitrogens with two attached hydrogens (primary N) is 2. The highest BCUT2D eigenvalue weighted by Gasteiger charge is 2.33. The van der Waals surface area contributed by atoms with Gasteiger partial charge < -0.3 is 11.5 Å². The van der Waals surface area contributed by atoms with E-state index in [1.165, 1.54) is 25.7 Å². The van der Waals surface area contributed by atoms with Crippen molar-refractivity contribution in [2.75, 3.05) is 0 Å². The zero-order chi connectivity index (χ0) is 15.8. The van der Waals surface area contributed by atoms with E-state index in [2.05, 4.69) is 26.0 Å². The Hall–Kier alpha value is -1.59. The molecule has 0 aromatic rings. The molecule has 0 bridgehead atoms. The van der Waals surface area contributed by atoms with Crippen LogP contribution in [0, 0.1) is 34.5 Å². The molecule has 1 heterocycles. The number of hydrogen-bond donors (Lipinski definition) is 2. The number of thioether (sulfide) groups is 1. The van der Waals surface area contributed by atoms with Gasteiger partial charge in [-0.25, -0.2) is 0 Å². The maximum absolute atomic E-state index is 9.35. The van der Waals surface area contributed by atoms with Crippen LogP contribution >= 0.6 is 11.8 Å². The lowest BCUT2D eigenvalue weighted by molar-refractivity contribution is 0.414. The van der Waals surface area contributed by atoms with E-state index < -0.39 is 0 Å². The molecule has 0 spiro atoms. The Balaban J connectivity index is 2.78. The lowest BCUT2D eigenvalue weighted by Gasteiger charge is -2.28. The molecule has 0 radical (unpaired) electrons. The van der Waals surface area contributed by atoms with E-state index in [9.17, 15) is 10.5 Å². The molecule has 114 valence electrons. The summed E-state index contributed by atoms with van der Waals surface area (Å²) in [6.45, 7) is 4.28. The predicted molar refractivity (Wildman–Crippen MR) is 87.3 cm³/mol. The molecule has 1 atom stereocenters. The molecule has 1 aliphatic rings. The van der Waals surface area contributed by atoms with Gasteiger partial charge in [-0.05, 0) is 12.3 Å². The van der Waals surface area contributed by atoms with E-state index in [0.717, 1.165) is 24.6 Å². The third-order valence-corrected chi connectivity index (χ3v) is 4.83. The van der Waals surface area contributed by atoms with Crippen LogP contribution < -0.4 is 11.5 Å². The van der Waals surface area contributed by atoms with Gasteiger partial charge in [0.25, 0.3) is 0 Å². The number of allylic oxidation sites excluding steroid dienone is 2. The maximum atomic E-state index is 9.35. The molecule has 0 amide bonds. The molecule has 1 rings (SSSR count). The quantitative estimate of drug-likeness (QED) is 0.698. The molecule has 1 unspecified atom stereocenters. The molecule has 0 fully saturated rings. The van der Waals surface area contributed by atoms with Crippen molar-refractivity contribution in [3.63, 3.8) is 0 Å². The Labute approximate surface area is 131 Å². The second kappa shape index (κ2) is 8.64. The minimum Gasteiger partial charge on any atom is -0.392 e. The molecular weight excluding hydrogens is 280 g/mol. The van der Waals surface area contributed by atoms with Crippen LogP contribution in [-0.2, 0) is 0 Å². The summed E-state index contributed by atoms with van der Waals surface area (Å²) in [6, 6.07) is 4.35. The standard InChI is InChI=1S/C16H24N4S/c1-3-4-5-6-7-8-11(2)14-12(9-17)15(19)21-16(20)13(14)10-18/h11,14H,3-8,19-20H2,1-2H3. The fourth-order valence-electron chi connectivity index (χ4n) is 2.73. The minimum atomic E-state index is -0.243. The second-order valence-corrected chi connectivity index (χ2v) is 6.62. The highest BCUT2D eigenvalue weighted by atomic mass is 32.2. The molecule has 1 aliphatic heterocycles. The fraction of sp³-hybridized carbons (Fsp3) is 0.625. The van der Waals surface area contributed by atoms with Gasteiger partial charge in [-0.1, -0.05) is 57.7 Å². The Morgan fingerprint density at radius 1 is 1.05 bits per heavy atom. The first-order valence-corrected chi connectivity index (χ1v) is 8.35. The Morgan fingerprint density at radius 3 is 2.05 bits per heavy atom. The van der Waals surface area contributed by atoms with Crippen molar-refractivity contribution in [1.82, 2.24) is 0 Å². The summed E-state index contributed by atoms with van der Waals surface area (Å²) in [6.07, 6.45) is 7.03. The fourth-order valence-corrected chi connectivity index (χ4v) is 3.54. The Morgan fingerprint density at radius 2 is 1.57 bits per heavy atom. The molecule has 21 heavy (non-hydrogen) atoms.